The lowest BCUT2D eigenvalue weighted by molar-refractivity contribution is 0.0980. The minimum absolute atomic E-state index is 0.0405. The van der Waals surface area contributed by atoms with E-state index in [0.717, 1.165) is 17.3 Å². The van der Waals surface area contributed by atoms with E-state index in [1.807, 2.05) is 20.8 Å². The van der Waals surface area contributed by atoms with Gasteiger partial charge in [0.2, 0.25) is 9.84 Å². The van der Waals surface area contributed by atoms with E-state index in [9.17, 15) is 18.0 Å². The van der Waals surface area contributed by atoms with Gasteiger partial charge in [0, 0.05) is 16.7 Å². The van der Waals surface area contributed by atoms with E-state index in [1.165, 1.54) is 6.07 Å². The highest BCUT2D eigenvalue weighted by Crippen LogP contribution is 2.37. The van der Waals surface area contributed by atoms with Crippen molar-refractivity contribution in [3.63, 3.8) is 0 Å². The molecule has 0 saturated heterocycles. The molecule has 0 N–H and O–H groups in total. The second kappa shape index (κ2) is 6.88. The van der Waals surface area contributed by atoms with Gasteiger partial charge in [-0.15, -0.1) is 0 Å². The van der Waals surface area contributed by atoms with Crippen LogP contribution < -0.4 is 0 Å². The van der Waals surface area contributed by atoms with Gasteiger partial charge >= 0.3 is 0 Å². The van der Waals surface area contributed by atoms with Crippen LogP contribution in [0.5, 0.6) is 0 Å². The van der Waals surface area contributed by atoms with Gasteiger partial charge in [0.05, 0.1) is 22.2 Å². The van der Waals surface area contributed by atoms with Crippen molar-refractivity contribution in [1.29, 1.82) is 0 Å². The lowest BCUT2D eigenvalue weighted by Gasteiger charge is -2.20. The molecule has 0 radical (unpaired) electrons. The summed E-state index contributed by atoms with van der Waals surface area (Å²) in [6, 6.07) is 14.5. The number of rotatable bonds is 2. The van der Waals surface area contributed by atoms with Crippen molar-refractivity contribution in [2.75, 3.05) is 0 Å². The SMILES string of the molecule is CC(C)(C)c1ccc(S(=O)(=O)c2cc3c(c4nsnc24)C(=O)c2ccccc2C3=O)cc1. The van der Waals surface area contributed by atoms with Crippen LogP contribution in [0, 0.1) is 0 Å². The lowest BCUT2D eigenvalue weighted by atomic mass is 9.83. The van der Waals surface area contributed by atoms with Crippen LogP contribution in [0.3, 0.4) is 0 Å². The van der Waals surface area contributed by atoms with E-state index in [1.54, 1.807) is 48.5 Å². The Bertz CT molecular complexity index is 1540. The fraction of sp³-hybridized carbons (Fsp3) is 0.167. The van der Waals surface area contributed by atoms with E-state index in [0.29, 0.717) is 0 Å². The quantitative estimate of drug-likeness (QED) is 0.381. The van der Waals surface area contributed by atoms with Crippen molar-refractivity contribution in [3.05, 3.63) is 82.4 Å². The molecular weight excluding hydrogens is 444 g/mol. The molecule has 0 atom stereocenters. The van der Waals surface area contributed by atoms with Gasteiger partial charge in [-0.3, -0.25) is 9.59 Å². The van der Waals surface area contributed by atoms with Crippen molar-refractivity contribution < 1.29 is 18.0 Å². The molecule has 1 aliphatic rings. The molecule has 0 spiro atoms. The highest BCUT2D eigenvalue weighted by Gasteiger charge is 2.35. The third-order valence-electron chi connectivity index (χ3n) is 5.71. The summed E-state index contributed by atoms with van der Waals surface area (Å²) in [6.45, 7) is 6.14. The fourth-order valence-electron chi connectivity index (χ4n) is 3.95. The van der Waals surface area contributed by atoms with E-state index in [2.05, 4.69) is 8.75 Å². The fourth-order valence-corrected chi connectivity index (χ4v) is 5.99. The number of hydrogen-bond acceptors (Lipinski definition) is 7. The second-order valence-corrected chi connectivity index (χ2v) is 11.2. The van der Waals surface area contributed by atoms with E-state index in [-0.39, 0.29) is 54.3 Å². The van der Waals surface area contributed by atoms with Gasteiger partial charge in [-0.1, -0.05) is 57.2 Å². The molecule has 32 heavy (non-hydrogen) atoms. The van der Waals surface area contributed by atoms with E-state index >= 15 is 0 Å². The van der Waals surface area contributed by atoms with Crippen LogP contribution in [0.25, 0.3) is 11.0 Å². The Morgan fingerprint density at radius 2 is 1.38 bits per heavy atom. The molecule has 0 amide bonds. The molecule has 1 aliphatic carbocycles. The molecule has 1 aromatic heterocycles. The molecule has 0 bridgehead atoms. The molecular formula is C24H18N2O4S2. The number of fused-ring (bicyclic) bond motifs is 4. The number of ketones is 2. The van der Waals surface area contributed by atoms with Crippen molar-refractivity contribution in [1.82, 2.24) is 8.75 Å². The first kappa shape index (κ1) is 20.7. The lowest BCUT2D eigenvalue weighted by Crippen LogP contribution is -2.22. The smallest absolute Gasteiger partial charge is 0.208 e. The van der Waals surface area contributed by atoms with Gasteiger partial charge < -0.3 is 0 Å². The third kappa shape index (κ3) is 2.94. The summed E-state index contributed by atoms with van der Waals surface area (Å²) in [6.07, 6.45) is 0. The first-order chi connectivity index (χ1) is 15.1. The average molecular weight is 463 g/mol. The number of hydrogen-bond donors (Lipinski definition) is 0. The number of carbonyl (C=O) groups excluding carboxylic acids is 2. The minimum Gasteiger partial charge on any atom is -0.289 e. The number of aromatic nitrogens is 2. The zero-order valence-corrected chi connectivity index (χ0v) is 19.2. The van der Waals surface area contributed by atoms with Crippen molar-refractivity contribution in [2.45, 2.75) is 36.0 Å². The summed E-state index contributed by atoms with van der Waals surface area (Å²) in [7, 11) is -4.01. The van der Waals surface area contributed by atoms with Gasteiger partial charge in [0.1, 0.15) is 15.9 Å². The number of benzene rings is 3. The minimum atomic E-state index is -4.01. The molecule has 160 valence electrons. The largest absolute Gasteiger partial charge is 0.289 e. The van der Waals surface area contributed by atoms with Crippen molar-refractivity contribution in [3.8, 4) is 0 Å². The monoisotopic (exact) mass is 462 g/mol. The number of sulfone groups is 1. The van der Waals surface area contributed by atoms with Gasteiger partial charge in [0.15, 0.2) is 11.6 Å². The zero-order valence-electron chi connectivity index (χ0n) is 17.5. The summed E-state index contributed by atoms with van der Waals surface area (Å²) in [4.78, 5) is 26.3. The Labute approximate surface area is 189 Å². The van der Waals surface area contributed by atoms with Gasteiger partial charge in [0.25, 0.3) is 0 Å². The summed E-state index contributed by atoms with van der Waals surface area (Å²) < 4.78 is 35.5. The molecule has 0 aliphatic heterocycles. The normalized spacial score (nSPS) is 13.8. The maximum absolute atomic E-state index is 13.6. The zero-order chi connectivity index (χ0) is 22.8. The summed E-state index contributed by atoms with van der Waals surface area (Å²) in [5.74, 6) is -0.754. The second-order valence-electron chi connectivity index (χ2n) is 8.74. The van der Waals surface area contributed by atoms with Crippen molar-refractivity contribution in [2.24, 2.45) is 0 Å². The van der Waals surface area contributed by atoms with Crippen LogP contribution in [0.15, 0.2) is 64.4 Å². The highest BCUT2D eigenvalue weighted by molar-refractivity contribution is 7.91. The molecule has 8 heteroatoms. The molecule has 3 aromatic carbocycles. The van der Waals surface area contributed by atoms with Crippen LogP contribution in [-0.4, -0.2) is 28.7 Å². The van der Waals surface area contributed by atoms with E-state index < -0.39 is 15.6 Å². The van der Waals surface area contributed by atoms with Crippen LogP contribution in [-0.2, 0) is 15.3 Å². The summed E-state index contributed by atoms with van der Waals surface area (Å²) >= 11 is 0.814. The number of carbonyl (C=O) groups is 2. The third-order valence-corrected chi connectivity index (χ3v) is 8.02. The van der Waals surface area contributed by atoms with Crippen LogP contribution in [0.4, 0.5) is 0 Å². The van der Waals surface area contributed by atoms with Gasteiger partial charge in [-0.2, -0.15) is 8.75 Å². The first-order valence-electron chi connectivity index (χ1n) is 9.94. The van der Waals surface area contributed by atoms with Crippen molar-refractivity contribution >= 4 is 44.2 Å². The molecule has 0 saturated carbocycles. The Morgan fingerprint density at radius 1 is 0.781 bits per heavy atom. The van der Waals surface area contributed by atoms with Gasteiger partial charge in [-0.25, -0.2) is 8.42 Å². The Hall–Kier alpha value is -3.23. The molecule has 1 heterocycles. The van der Waals surface area contributed by atoms with Crippen LogP contribution >= 0.6 is 11.7 Å². The molecule has 0 fully saturated rings. The molecule has 6 nitrogen and oxygen atoms in total. The average Bonchev–Trinajstić information content (AvgIpc) is 3.25. The predicted molar refractivity (Wildman–Crippen MR) is 121 cm³/mol. The Kier molecular flexibility index (Phi) is 4.44. The molecule has 0 unspecified atom stereocenters. The highest BCUT2D eigenvalue weighted by atomic mass is 32.2. The maximum atomic E-state index is 13.6. The standard InChI is InChI=1S/C24H18N2O4S2/c1-24(2,3)13-8-10-14(11-9-13)32(29,30)18-12-17-19(21-20(18)25-31-26-21)23(28)16-7-5-4-6-15(16)22(17)27/h4-12H,1-3H3. The number of nitrogens with zero attached hydrogens (tertiary/aromatic N) is 2. The Morgan fingerprint density at radius 3 is 2.00 bits per heavy atom. The van der Waals surface area contributed by atoms with Gasteiger partial charge in [-0.05, 0) is 29.2 Å². The summed E-state index contributed by atoms with van der Waals surface area (Å²) in [5.41, 5.74) is 1.82. The molecule has 5 rings (SSSR count). The van der Waals surface area contributed by atoms with Crippen LogP contribution in [0.1, 0.15) is 58.2 Å². The van der Waals surface area contributed by atoms with E-state index in [4.69, 9.17) is 0 Å². The van der Waals surface area contributed by atoms with Crippen LogP contribution in [0.2, 0.25) is 0 Å². The Balaban J connectivity index is 1.74. The molecule has 4 aromatic rings. The topological polar surface area (TPSA) is 94.1 Å². The maximum Gasteiger partial charge on any atom is 0.208 e. The summed E-state index contributed by atoms with van der Waals surface area (Å²) in [5, 5.41) is 0. The predicted octanol–water partition coefficient (Wildman–Crippen LogP) is 4.60. The first-order valence-corrected chi connectivity index (χ1v) is 12.2.